The first kappa shape index (κ1) is 21.1. The predicted octanol–water partition coefficient (Wildman–Crippen LogP) is 3.09. The zero-order valence-electron chi connectivity index (χ0n) is 17.6. The molecule has 1 amide bonds. The lowest BCUT2D eigenvalue weighted by Crippen LogP contribution is -2.52. The van der Waals surface area contributed by atoms with Crippen molar-refractivity contribution >= 4 is 23.5 Å². The van der Waals surface area contributed by atoms with Crippen LogP contribution in [0.4, 0.5) is 11.4 Å². The van der Waals surface area contributed by atoms with E-state index in [0.717, 1.165) is 49.5 Å². The molecule has 1 aromatic rings. The SMILES string of the molecule is C/C=C/C=Nc1c(C#N)ccc(N2C[C@@H](C)C[C@@H](NC(=O)CC3CNC3)C2)c1C. The van der Waals surface area contributed by atoms with E-state index in [4.69, 9.17) is 0 Å². The molecule has 1 aromatic carbocycles. The van der Waals surface area contributed by atoms with Crippen molar-refractivity contribution < 1.29 is 4.79 Å². The molecule has 0 aromatic heterocycles. The Hall–Kier alpha value is -2.65. The first-order valence-electron chi connectivity index (χ1n) is 10.5. The molecule has 2 saturated heterocycles. The number of hydrogen-bond donors (Lipinski definition) is 2. The first-order chi connectivity index (χ1) is 14.0. The maximum Gasteiger partial charge on any atom is 0.220 e. The number of aliphatic imine (C=N–C) groups is 1. The average Bonchev–Trinajstić information content (AvgIpc) is 2.65. The lowest BCUT2D eigenvalue weighted by Gasteiger charge is -2.39. The van der Waals surface area contributed by atoms with Gasteiger partial charge in [-0.15, -0.1) is 0 Å². The summed E-state index contributed by atoms with van der Waals surface area (Å²) in [5, 5.41) is 15.9. The molecule has 154 valence electrons. The summed E-state index contributed by atoms with van der Waals surface area (Å²) in [6, 6.07) is 6.25. The molecule has 2 aliphatic heterocycles. The van der Waals surface area contributed by atoms with Crippen molar-refractivity contribution in [1.82, 2.24) is 10.6 Å². The van der Waals surface area contributed by atoms with Crippen LogP contribution in [0.25, 0.3) is 0 Å². The number of amides is 1. The molecule has 0 saturated carbocycles. The van der Waals surface area contributed by atoms with Crippen LogP contribution >= 0.6 is 0 Å². The molecule has 6 nitrogen and oxygen atoms in total. The number of allylic oxidation sites excluding steroid dienone is 2. The van der Waals surface area contributed by atoms with E-state index >= 15 is 0 Å². The molecule has 0 unspecified atom stereocenters. The summed E-state index contributed by atoms with van der Waals surface area (Å²) in [5.74, 6) is 1.11. The van der Waals surface area contributed by atoms with Gasteiger partial charge in [0, 0.05) is 37.5 Å². The van der Waals surface area contributed by atoms with Gasteiger partial charge in [-0.2, -0.15) is 5.26 Å². The Labute approximate surface area is 173 Å². The second kappa shape index (κ2) is 9.71. The van der Waals surface area contributed by atoms with Crippen LogP contribution in [0.5, 0.6) is 0 Å². The van der Waals surface area contributed by atoms with Crippen LogP contribution in [0, 0.1) is 30.1 Å². The van der Waals surface area contributed by atoms with Crippen LogP contribution in [0.15, 0.2) is 29.3 Å². The Morgan fingerprint density at radius 3 is 2.86 bits per heavy atom. The second-order valence-corrected chi connectivity index (χ2v) is 8.26. The Balaban J connectivity index is 1.76. The summed E-state index contributed by atoms with van der Waals surface area (Å²) in [7, 11) is 0. The molecule has 29 heavy (non-hydrogen) atoms. The molecule has 6 heteroatoms. The van der Waals surface area contributed by atoms with Crippen molar-refractivity contribution in [2.75, 3.05) is 31.1 Å². The average molecular weight is 394 g/mol. The Kier molecular flexibility index (Phi) is 7.05. The quantitative estimate of drug-likeness (QED) is 0.728. The zero-order chi connectivity index (χ0) is 20.8. The van der Waals surface area contributed by atoms with Crippen LogP contribution in [0.3, 0.4) is 0 Å². The van der Waals surface area contributed by atoms with Crippen molar-refractivity contribution in [2.45, 2.75) is 39.7 Å². The maximum atomic E-state index is 12.4. The van der Waals surface area contributed by atoms with Gasteiger partial charge in [0.05, 0.1) is 11.3 Å². The van der Waals surface area contributed by atoms with E-state index in [1.165, 1.54) is 0 Å². The van der Waals surface area contributed by atoms with Crippen LogP contribution in [0.1, 0.15) is 37.8 Å². The number of piperidine rings is 1. The molecular formula is C23H31N5O. The highest BCUT2D eigenvalue weighted by atomic mass is 16.1. The first-order valence-corrected chi connectivity index (χ1v) is 10.5. The highest BCUT2D eigenvalue weighted by Crippen LogP contribution is 2.34. The summed E-state index contributed by atoms with van der Waals surface area (Å²) in [6.07, 6.45) is 7.10. The van der Waals surface area contributed by atoms with Gasteiger partial charge < -0.3 is 15.5 Å². The molecule has 0 bridgehead atoms. The summed E-state index contributed by atoms with van der Waals surface area (Å²) in [4.78, 5) is 19.2. The number of carbonyl (C=O) groups is 1. The Morgan fingerprint density at radius 2 is 2.21 bits per heavy atom. The predicted molar refractivity (Wildman–Crippen MR) is 118 cm³/mol. The molecule has 2 fully saturated rings. The fourth-order valence-electron chi connectivity index (χ4n) is 4.19. The molecule has 2 heterocycles. The normalized spacial score (nSPS) is 22.6. The van der Waals surface area contributed by atoms with Crippen molar-refractivity contribution in [3.05, 3.63) is 35.4 Å². The van der Waals surface area contributed by atoms with Gasteiger partial charge in [-0.05, 0) is 69.0 Å². The van der Waals surface area contributed by atoms with Crippen LogP contribution in [-0.4, -0.2) is 44.3 Å². The van der Waals surface area contributed by atoms with Gasteiger partial charge in [-0.25, -0.2) is 0 Å². The standard InChI is InChI=1S/C23H31N5O/c1-4-5-8-26-23-17(3)21(7-6-19(23)11-24)28-14-16(2)9-20(15-28)27-22(29)10-18-12-25-13-18/h4-8,16,18,20,25H,9-10,12-15H2,1-3H3,(H,27,29)/b5-4+,26-8?/t16-,20+/m0/s1. The van der Waals surface area contributed by atoms with Gasteiger partial charge in [0.25, 0.3) is 0 Å². The number of nitrogens with one attached hydrogen (secondary N) is 2. The zero-order valence-corrected chi connectivity index (χ0v) is 17.6. The van der Waals surface area contributed by atoms with Crippen molar-refractivity contribution in [2.24, 2.45) is 16.8 Å². The van der Waals surface area contributed by atoms with Gasteiger partial charge in [0.2, 0.25) is 5.91 Å². The fraction of sp³-hybridized carbons (Fsp3) is 0.522. The number of hydrogen-bond acceptors (Lipinski definition) is 5. The number of nitriles is 1. The number of carbonyl (C=O) groups excluding carboxylic acids is 1. The highest BCUT2D eigenvalue weighted by molar-refractivity contribution is 5.79. The van der Waals surface area contributed by atoms with Crippen LogP contribution in [-0.2, 0) is 4.79 Å². The molecule has 0 aliphatic carbocycles. The third-order valence-corrected chi connectivity index (χ3v) is 5.71. The molecule has 2 aliphatic rings. The highest BCUT2D eigenvalue weighted by Gasteiger charge is 2.29. The lowest BCUT2D eigenvalue weighted by atomic mass is 9.93. The molecule has 0 radical (unpaired) electrons. The van der Waals surface area contributed by atoms with E-state index in [9.17, 15) is 10.1 Å². The maximum absolute atomic E-state index is 12.4. The number of benzene rings is 1. The van der Waals surface area contributed by atoms with E-state index in [0.29, 0.717) is 23.8 Å². The minimum Gasteiger partial charge on any atom is -0.369 e. The van der Waals surface area contributed by atoms with E-state index in [1.807, 2.05) is 38.1 Å². The van der Waals surface area contributed by atoms with Gasteiger partial charge in [0.1, 0.15) is 6.07 Å². The van der Waals surface area contributed by atoms with E-state index in [-0.39, 0.29) is 11.9 Å². The molecular weight excluding hydrogens is 362 g/mol. The number of anilines is 1. The molecule has 2 atom stereocenters. The van der Waals surface area contributed by atoms with Gasteiger partial charge in [0.15, 0.2) is 0 Å². The summed E-state index contributed by atoms with van der Waals surface area (Å²) in [6.45, 7) is 9.79. The largest absolute Gasteiger partial charge is 0.369 e. The van der Waals surface area contributed by atoms with Crippen molar-refractivity contribution in [1.29, 1.82) is 5.26 Å². The molecule has 3 rings (SSSR count). The molecule has 0 spiro atoms. The van der Waals surface area contributed by atoms with E-state index in [1.54, 1.807) is 6.21 Å². The monoisotopic (exact) mass is 393 g/mol. The van der Waals surface area contributed by atoms with Gasteiger partial charge in [-0.1, -0.05) is 13.0 Å². The van der Waals surface area contributed by atoms with Crippen molar-refractivity contribution in [3.8, 4) is 6.07 Å². The van der Waals surface area contributed by atoms with Crippen LogP contribution < -0.4 is 15.5 Å². The summed E-state index contributed by atoms with van der Waals surface area (Å²) < 4.78 is 0. The topological polar surface area (TPSA) is 80.5 Å². The number of nitrogens with zero attached hydrogens (tertiary/aromatic N) is 3. The Bertz CT molecular complexity index is 834. The molecule has 2 N–H and O–H groups in total. The Morgan fingerprint density at radius 1 is 1.41 bits per heavy atom. The fourth-order valence-corrected chi connectivity index (χ4v) is 4.19. The minimum atomic E-state index is 0.143. The minimum absolute atomic E-state index is 0.143. The van der Waals surface area contributed by atoms with Gasteiger partial charge in [-0.3, -0.25) is 9.79 Å². The van der Waals surface area contributed by atoms with Gasteiger partial charge >= 0.3 is 0 Å². The van der Waals surface area contributed by atoms with E-state index in [2.05, 4.69) is 33.5 Å². The van der Waals surface area contributed by atoms with E-state index < -0.39 is 0 Å². The van der Waals surface area contributed by atoms with Crippen LogP contribution in [0.2, 0.25) is 0 Å². The third-order valence-electron chi connectivity index (χ3n) is 5.71. The smallest absolute Gasteiger partial charge is 0.220 e. The van der Waals surface area contributed by atoms with Crippen molar-refractivity contribution in [3.63, 3.8) is 0 Å². The third kappa shape index (κ3) is 5.24. The number of rotatable bonds is 6. The summed E-state index contributed by atoms with van der Waals surface area (Å²) in [5.41, 5.74) is 3.39. The second-order valence-electron chi connectivity index (χ2n) is 8.26. The lowest BCUT2D eigenvalue weighted by molar-refractivity contribution is -0.123. The summed E-state index contributed by atoms with van der Waals surface area (Å²) >= 11 is 0.